The van der Waals surface area contributed by atoms with Crippen molar-refractivity contribution in [2.24, 2.45) is 22.2 Å². The molecule has 0 aliphatic rings. The molecule has 0 aliphatic carbocycles. The van der Waals surface area contributed by atoms with Gasteiger partial charge < -0.3 is 53.6 Å². The molecular weight excluding hydrogens is 446 g/mol. The van der Waals surface area contributed by atoms with Crippen LogP contribution in [0.3, 0.4) is 0 Å². The second-order valence-electron chi connectivity index (χ2n) is 6.87. The molecule has 4 atom stereocenters. The second kappa shape index (κ2) is 15.3. The molecule has 0 saturated carbocycles. The van der Waals surface area contributed by atoms with Crippen LogP contribution < -0.4 is 33.2 Å². The molecule has 188 valence electrons. The molecule has 0 aromatic heterocycles. The normalized spacial score (nSPS) is 14.2. The largest absolute Gasteiger partial charge is 0.481 e. The fourth-order valence-electron chi connectivity index (χ4n) is 2.40. The number of aliphatic hydroxyl groups excluding tert-OH is 2. The first-order valence-corrected chi connectivity index (χ1v) is 9.81. The maximum absolute atomic E-state index is 12.6. The van der Waals surface area contributed by atoms with Crippen molar-refractivity contribution in [3.8, 4) is 0 Å². The SMILES string of the molecule is NC(N)=NCCCC(NC(=O)C(CO)NC(=O)C(N)CO)C(=O)NC(CCC(=O)O)C(=O)O. The summed E-state index contributed by atoms with van der Waals surface area (Å²) < 4.78 is 0. The summed E-state index contributed by atoms with van der Waals surface area (Å²) in [5.74, 6) is -5.81. The number of amides is 3. The Balaban J connectivity index is 5.39. The number of rotatable bonds is 16. The van der Waals surface area contributed by atoms with Crippen molar-refractivity contribution in [1.29, 1.82) is 0 Å². The van der Waals surface area contributed by atoms with E-state index >= 15 is 0 Å². The van der Waals surface area contributed by atoms with Gasteiger partial charge in [0.05, 0.1) is 13.2 Å². The molecular formula is C17H31N7O9. The van der Waals surface area contributed by atoms with Gasteiger partial charge in [0.1, 0.15) is 24.2 Å². The maximum atomic E-state index is 12.6. The molecule has 0 bridgehead atoms. The van der Waals surface area contributed by atoms with Crippen molar-refractivity contribution in [2.45, 2.75) is 49.9 Å². The summed E-state index contributed by atoms with van der Waals surface area (Å²) in [6, 6.07) is -5.75. The Morgan fingerprint density at radius 2 is 1.33 bits per heavy atom. The second-order valence-corrected chi connectivity index (χ2v) is 6.87. The number of guanidine groups is 1. The van der Waals surface area contributed by atoms with Crippen LogP contribution in [0.15, 0.2) is 4.99 Å². The van der Waals surface area contributed by atoms with Gasteiger partial charge in [-0.15, -0.1) is 0 Å². The topological polar surface area (TPSA) is 293 Å². The van der Waals surface area contributed by atoms with Gasteiger partial charge in [-0.2, -0.15) is 0 Å². The average molecular weight is 477 g/mol. The molecule has 0 spiro atoms. The first kappa shape index (κ1) is 29.5. The van der Waals surface area contributed by atoms with Crippen molar-refractivity contribution in [2.75, 3.05) is 19.8 Å². The molecule has 0 aliphatic heterocycles. The fraction of sp³-hybridized carbons (Fsp3) is 0.647. The van der Waals surface area contributed by atoms with Gasteiger partial charge in [0, 0.05) is 13.0 Å². The van der Waals surface area contributed by atoms with Crippen LogP contribution in [-0.2, 0) is 24.0 Å². The molecule has 0 fully saturated rings. The highest BCUT2D eigenvalue weighted by atomic mass is 16.4. The van der Waals surface area contributed by atoms with Crippen molar-refractivity contribution >= 4 is 35.6 Å². The Morgan fingerprint density at radius 3 is 1.82 bits per heavy atom. The summed E-state index contributed by atoms with van der Waals surface area (Å²) in [5, 5.41) is 42.8. The van der Waals surface area contributed by atoms with Crippen molar-refractivity contribution in [3.05, 3.63) is 0 Å². The molecule has 16 nitrogen and oxygen atoms in total. The first-order chi connectivity index (χ1) is 15.4. The Hall–Kier alpha value is -3.50. The van der Waals surface area contributed by atoms with E-state index in [2.05, 4.69) is 20.9 Å². The monoisotopic (exact) mass is 477 g/mol. The number of aliphatic hydroxyl groups is 2. The molecule has 3 amide bonds. The zero-order valence-corrected chi connectivity index (χ0v) is 17.8. The minimum atomic E-state index is -1.54. The minimum absolute atomic E-state index is 0.0676. The number of nitrogens with zero attached hydrogens (tertiary/aromatic N) is 1. The number of hydrogen-bond donors (Lipinski definition) is 10. The number of carbonyl (C=O) groups is 5. The number of carbonyl (C=O) groups excluding carboxylic acids is 3. The van der Waals surface area contributed by atoms with E-state index in [1.54, 1.807) is 0 Å². The quantitative estimate of drug-likeness (QED) is 0.0566. The summed E-state index contributed by atoms with van der Waals surface area (Å²) in [7, 11) is 0. The molecule has 0 heterocycles. The number of nitrogens with one attached hydrogen (secondary N) is 3. The first-order valence-electron chi connectivity index (χ1n) is 9.81. The van der Waals surface area contributed by atoms with E-state index in [0.29, 0.717) is 0 Å². The van der Waals surface area contributed by atoms with Crippen LogP contribution >= 0.6 is 0 Å². The van der Waals surface area contributed by atoms with Gasteiger partial charge >= 0.3 is 11.9 Å². The summed E-state index contributed by atoms with van der Waals surface area (Å²) in [6.45, 7) is -1.50. The van der Waals surface area contributed by atoms with Crippen LogP contribution in [0, 0.1) is 0 Å². The summed E-state index contributed by atoms with van der Waals surface area (Å²) in [4.78, 5) is 62.7. The Kier molecular flexibility index (Phi) is 13.7. The molecule has 0 aromatic carbocycles. The Morgan fingerprint density at radius 1 is 0.788 bits per heavy atom. The lowest BCUT2D eigenvalue weighted by Gasteiger charge is -2.24. The van der Waals surface area contributed by atoms with E-state index in [-0.39, 0.29) is 25.3 Å². The van der Waals surface area contributed by atoms with Gasteiger partial charge in [-0.1, -0.05) is 0 Å². The van der Waals surface area contributed by atoms with Crippen molar-refractivity contribution < 1.29 is 44.4 Å². The van der Waals surface area contributed by atoms with Crippen molar-refractivity contribution in [3.63, 3.8) is 0 Å². The molecule has 0 radical (unpaired) electrons. The Bertz CT molecular complexity index is 728. The Labute approximate surface area is 188 Å². The highest BCUT2D eigenvalue weighted by Gasteiger charge is 2.30. The van der Waals surface area contributed by atoms with E-state index in [0.717, 1.165) is 0 Å². The molecule has 0 rings (SSSR count). The number of carboxylic acid groups (broad SMARTS) is 2. The molecule has 0 saturated heterocycles. The highest BCUT2D eigenvalue weighted by molar-refractivity contribution is 5.94. The van der Waals surface area contributed by atoms with Crippen molar-refractivity contribution in [1.82, 2.24) is 16.0 Å². The molecule has 4 unspecified atom stereocenters. The third-order valence-electron chi connectivity index (χ3n) is 4.19. The van der Waals surface area contributed by atoms with E-state index < -0.39 is 79.9 Å². The van der Waals surface area contributed by atoms with E-state index in [4.69, 9.17) is 27.4 Å². The lowest BCUT2D eigenvalue weighted by molar-refractivity contribution is -0.143. The fourth-order valence-corrected chi connectivity index (χ4v) is 2.40. The van der Waals surface area contributed by atoms with E-state index in [1.807, 2.05) is 0 Å². The van der Waals surface area contributed by atoms with Crippen LogP contribution in [0.1, 0.15) is 25.7 Å². The van der Waals surface area contributed by atoms with E-state index in [9.17, 15) is 34.2 Å². The number of carboxylic acids is 2. The molecule has 0 aromatic rings. The molecule has 16 heteroatoms. The van der Waals surface area contributed by atoms with Crippen LogP contribution in [-0.4, -0.2) is 100.0 Å². The highest BCUT2D eigenvalue weighted by Crippen LogP contribution is 2.04. The zero-order valence-electron chi connectivity index (χ0n) is 17.8. The molecule has 33 heavy (non-hydrogen) atoms. The maximum Gasteiger partial charge on any atom is 0.326 e. The summed E-state index contributed by atoms with van der Waals surface area (Å²) in [6.07, 6.45) is -0.821. The van der Waals surface area contributed by atoms with Gasteiger partial charge in [-0.25, -0.2) is 4.79 Å². The third-order valence-corrected chi connectivity index (χ3v) is 4.19. The lowest BCUT2D eigenvalue weighted by atomic mass is 10.1. The van der Waals surface area contributed by atoms with Gasteiger partial charge in [0.15, 0.2) is 5.96 Å². The standard InChI is InChI=1S/C17H31N7O9/c18-8(6-25)13(29)24-11(7-26)15(31)22-9(2-1-5-21-17(19)20)14(30)23-10(16(32)33)3-4-12(27)28/h8-11,25-26H,1-7,18H2,(H,22,31)(H,23,30)(H,24,29)(H,27,28)(H,32,33)(H4,19,20,21). The lowest BCUT2D eigenvalue weighted by Crippen LogP contribution is -2.58. The van der Waals surface area contributed by atoms with Gasteiger partial charge in [0.2, 0.25) is 17.7 Å². The van der Waals surface area contributed by atoms with Gasteiger partial charge in [0.25, 0.3) is 0 Å². The predicted octanol–water partition coefficient (Wildman–Crippen LogP) is -5.24. The zero-order chi connectivity index (χ0) is 25.6. The number of aliphatic imine (C=N–C) groups is 1. The molecule has 13 N–H and O–H groups in total. The predicted molar refractivity (Wildman–Crippen MR) is 112 cm³/mol. The summed E-state index contributed by atoms with van der Waals surface area (Å²) >= 11 is 0. The van der Waals surface area contributed by atoms with E-state index in [1.165, 1.54) is 0 Å². The minimum Gasteiger partial charge on any atom is -0.481 e. The average Bonchev–Trinajstić information content (AvgIpc) is 2.75. The van der Waals surface area contributed by atoms with Crippen LogP contribution in [0.5, 0.6) is 0 Å². The number of aliphatic carboxylic acids is 2. The number of hydrogen-bond acceptors (Lipinski definition) is 9. The smallest absolute Gasteiger partial charge is 0.326 e. The van der Waals surface area contributed by atoms with Gasteiger partial charge in [-0.3, -0.25) is 24.2 Å². The summed E-state index contributed by atoms with van der Waals surface area (Å²) in [5.41, 5.74) is 15.8. The van der Waals surface area contributed by atoms with Crippen LogP contribution in [0.4, 0.5) is 0 Å². The van der Waals surface area contributed by atoms with Crippen LogP contribution in [0.25, 0.3) is 0 Å². The third kappa shape index (κ3) is 12.2. The van der Waals surface area contributed by atoms with Crippen LogP contribution in [0.2, 0.25) is 0 Å². The van der Waals surface area contributed by atoms with Gasteiger partial charge in [-0.05, 0) is 19.3 Å². The number of nitrogens with two attached hydrogens (primary N) is 3.